The highest BCUT2D eigenvalue weighted by Gasteiger charge is 2.41. The van der Waals surface area contributed by atoms with Crippen LogP contribution in [0.3, 0.4) is 0 Å². The average molecular weight is 274 g/mol. The lowest BCUT2D eigenvalue weighted by Crippen LogP contribution is -2.20. The third kappa shape index (κ3) is 2.89. The molecule has 4 nitrogen and oxygen atoms in total. The van der Waals surface area contributed by atoms with Crippen LogP contribution in [0.5, 0.6) is 0 Å². The minimum absolute atomic E-state index is 0.307. The van der Waals surface area contributed by atoms with Crippen LogP contribution in [0.25, 0.3) is 0 Å². The lowest BCUT2D eigenvalue weighted by Gasteiger charge is -2.19. The SMILES string of the molecule is Cc1c(N)nc(C(C)C)nc1NCC(C1CC1)C1CC1. The van der Waals surface area contributed by atoms with Crippen molar-refractivity contribution in [3.05, 3.63) is 11.4 Å². The van der Waals surface area contributed by atoms with Crippen LogP contribution in [0.4, 0.5) is 11.6 Å². The first kappa shape index (κ1) is 13.7. The molecule has 3 N–H and O–H groups in total. The second kappa shape index (κ2) is 5.23. The molecule has 2 aliphatic carbocycles. The van der Waals surface area contributed by atoms with Crippen molar-refractivity contribution >= 4 is 11.6 Å². The van der Waals surface area contributed by atoms with Crippen LogP contribution in [0.2, 0.25) is 0 Å². The monoisotopic (exact) mass is 274 g/mol. The van der Waals surface area contributed by atoms with Crippen LogP contribution in [0.1, 0.15) is 56.8 Å². The maximum Gasteiger partial charge on any atom is 0.135 e. The molecule has 0 spiro atoms. The number of nitrogens with zero attached hydrogens (tertiary/aromatic N) is 2. The van der Waals surface area contributed by atoms with Crippen molar-refractivity contribution in [1.82, 2.24) is 9.97 Å². The minimum atomic E-state index is 0.307. The number of nitrogen functional groups attached to an aromatic ring is 1. The normalized spacial score (nSPS) is 18.9. The number of rotatable bonds is 6. The molecule has 110 valence electrons. The fourth-order valence-corrected chi connectivity index (χ4v) is 2.96. The van der Waals surface area contributed by atoms with E-state index in [0.717, 1.165) is 41.5 Å². The van der Waals surface area contributed by atoms with Gasteiger partial charge in [0.15, 0.2) is 0 Å². The molecule has 0 radical (unpaired) electrons. The molecule has 0 aliphatic heterocycles. The van der Waals surface area contributed by atoms with Gasteiger partial charge in [0, 0.05) is 18.0 Å². The summed E-state index contributed by atoms with van der Waals surface area (Å²) in [6.45, 7) is 7.26. The third-order valence-corrected chi connectivity index (χ3v) is 4.68. The highest BCUT2D eigenvalue weighted by Crippen LogP contribution is 2.49. The minimum Gasteiger partial charge on any atom is -0.383 e. The lowest BCUT2D eigenvalue weighted by atomic mass is 9.98. The van der Waals surface area contributed by atoms with Crippen molar-refractivity contribution in [2.24, 2.45) is 17.8 Å². The summed E-state index contributed by atoms with van der Waals surface area (Å²) in [5, 5.41) is 3.56. The first-order chi connectivity index (χ1) is 9.56. The quantitative estimate of drug-likeness (QED) is 0.835. The largest absolute Gasteiger partial charge is 0.383 e. The van der Waals surface area contributed by atoms with Gasteiger partial charge in [0.25, 0.3) is 0 Å². The predicted molar refractivity (Wildman–Crippen MR) is 82.7 cm³/mol. The zero-order chi connectivity index (χ0) is 14.3. The van der Waals surface area contributed by atoms with E-state index in [1.54, 1.807) is 0 Å². The Balaban J connectivity index is 1.72. The Labute approximate surface area is 121 Å². The predicted octanol–water partition coefficient (Wildman–Crippen LogP) is 3.34. The zero-order valence-electron chi connectivity index (χ0n) is 12.8. The molecule has 4 heteroatoms. The van der Waals surface area contributed by atoms with Gasteiger partial charge in [-0.3, -0.25) is 0 Å². The fourth-order valence-electron chi connectivity index (χ4n) is 2.96. The fraction of sp³-hybridized carbons (Fsp3) is 0.750. The number of nitrogens with one attached hydrogen (secondary N) is 1. The molecule has 0 atom stereocenters. The van der Waals surface area contributed by atoms with Crippen molar-refractivity contribution < 1.29 is 0 Å². The van der Waals surface area contributed by atoms with E-state index < -0.39 is 0 Å². The Bertz CT molecular complexity index is 477. The van der Waals surface area contributed by atoms with Gasteiger partial charge in [-0.05, 0) is 50.4 Å². The van der Waals surface area contributed by atoms with E-state index >= 15 is 0 Å². The molecule has 0 bridgehead atoms. The average Bonchev–Trinajstić information content (AvgIpc) is 3.26. The number of anilines is 2. The summed E-state index contributed by atoms with van der Waals surface area (Å²) in [5.41, 5.74) is 7.00. The molecule has 3 rings (SSSR count). The molecule has 2 aliphatic rings. The Morgan fingerprint density at radius 1 is 1.15 bits per heavy atom. The molecule has 1 heterocycles. The van der Waals surface area contributed by atoms with Gasteiger partial charge in [-0.1, -0.05) is 13.8 Å². The van der Waals surface area contributed by atoms with Gasteiger partial charge in [0.1, 0.15) is 17.5 Å². The maximum absolute atomic E-state index is 6.02. The summed E-state index contributed by atoms with van der Waals surface area (Å²) in [6, 6.07) is 0. The molecule has 0 saturated heterocycles. The standard InChI is InChI=1S/C16H26N4/c1-9(2)15-19-14(17)10(3)16(20-15)18-8-13(11-4-5-11)12-6-7-12/h9,11-13H,4-8H2,1-3H3,(H3,17,18,19,20). The van der Waals surface area contributed by atoms with Gasteiger partial charge >= 0.3 is 0 Å². The first-order valence-electron chi connectivity index (χ1n) is 7.94. The van der Waals surface area contributed by atoms with Gasteiger partial charge < -0.3 is 11.1 Å². The van der Waals surface area contributed by atoms with E-state index in [4.69, 9.17) is 5.73 Å². The van der Waals surface area contributed by atoms with E-state index in [9.17, 15) is 0 Å². The Kier molecular flexibility index (Phi) is 3.57. The van der Waals surface area contributed by atoms with Crippen molar-refractivity contribution in [2.45, 2.75) is 52.4 Å². The second-order valence-electron chi connectivity index (χ2n) is 6.81. The summed E-state index contributed by atoms with van der Waals surface area (Å²) in [7, 11) is 0. The smallest absolute Gasteiger partial charge is 0.135 e. The topological polar surface area (TPSA) is 63.8 Å². The van der Waals surface area contributed by atoms with E-state index in [1.165, 1.54) is 25.7 Å². The van der Waals surface area contributed by atoms with Crippen LogP contribution >= 0.6 is 0 Å². The van der Waals surface area contributed by atoms with Gasteiger partial charge in [0.05, 0.1) is 0 Å². The molecule has 1 aromatic rings. The number of hydrogen-bond acceptors (Lipinski definition) is 4. The van der Waals surface area contributed by atoms with Crippen molar-refractivity contribution in [3.63, 3.8) is 0 Å². The number of aromatic nitrogens is 2. The molecule has 0 amide bonds. The van der Waals surface area contributed by atoms with E-state index in [0.29, 0.717) is 11.7 Å². The maximum atomic E-state index is 6.02. The van der Waals surface area contributed by atoms with Gasteiger partial charge in [0.2, 0.25) is 0 Å². The zero-order valence-corrected chi connectivity index (χ0v) is 12.8. The summed E-state index contributed by atoms with van der Waals surface area (Å²) >= 11 is 0. The molecule has 2 saturated carbocycles. The molecular formula is C16H26N4. The third-order valence-electron chi connectivity index (χ3n) is 4.68. The number of nitrogens with two attached hydrogens (primary N) is 1. The lowest BCUT2D eigenvalue weighted by molar-refractivity contribution is 0.427. The van der Waals surface area contributed by atoms with Crippen LogP contribution in [-0.2, 0) is 0 Å². The molecule has 1 aromatic heterocycles. The molecule has 20 heavy (non-hydrogen) atoms. The van der Waals surface area contributed by atoms with Crippen LogP contribution in [-0.4, -0.2) is 16.5 Å². The van der Waals surface area contributed by atoms with E-state index in [1.807, 2.05) is 6.92 Å². The Morgan fingerprint density at radius 3 is 2.25 bits per heavy atom. The van der Waals surface area contributed by atoms with Crippen molar-refractivity contribution in [1.29, 1.82) is 0 Å². The summed E-state index contributed by atoms with van der Waals surface area (Å²) < 4.78 is 0. The molecule has 0 aromatic carbocycles. The summed E-state index contributed by atoms with van der Waals surface area (Å²) in [4.78, 5) is 9.04. The number of hydrogen-bond donors (Lipinski definition) is 2. The first-order valence-corrected chi connectivity index (χ1v) is 7.94. The van der Waals surface area contributed by atoms with Gasteiger partial charge in [-0.25, -0.2) is 9.97 Å². The van der Waals surface area contributed by atoms with E-state index in [-0.39, 0.29) is 0 Å². The molecule has 2 fully saturated rings. The van der Waals surface area contributed by atoms with Crippen molar-refractivity contribution in [3.8, 4) is 0 Å². The second-order valence-corrected chi connectivity index (χ2v) is 6.81. The van der Waals surface area contributed by atoms with Crippen LogP contribution in [0.15, 0.2) is 0 Å². The Morgan fingerprint density at radius 2 is 1.75 bits per heavy atom. The van der Waals surface area contributed by atoms with E-state index in [2.05, 4.69) is 29.1 Å². The van der Waals surface area contributed by atoms with Crippen molar-refractivity contribution in [2.75, 3.05) is 17.6 Å². The molecule has 0 unspecified atom stereocenters. The van der Waals surface area contributed by atoms with Crippen LogP contribution in [0, 0.1) is 24.7 Å². The summed E-state index contributed by atoms with van der Waals surface area (Å²) in [5.74, 6) is 5.45. The highest BCUT2D eigenvalue weighted by atomic mass is 15.1. The Hall–Kier alpha value is -1.32. The van der Waals surface area contributed by atoms with Crippen LogP contribution < -0.4 is 11.1 Å². The van der Waals surface area contributed by atoms with Gasteiger partial charge in [-0.15, -0.1) is 0 Å². The van der Waals surface area contributed by atoms with Gasteiger partial charge in [-0.2, -0.15) is 0 Å². The highest BCUT2D eigenvalue weighted by molar-refractivity contribution is 5.55. The summed E-state index contributed by atoms with van der Waals surface area (Å²) in [6.07, 6.45) is 5.69. The molecular weight excluding hydrogens is 248 g/mol.